The van der Waals surface area contributed by atoms with Gasteiger partial charge >= 0.3 is 0 Å². The van der Waals surface area contributed by atoms with E-state index in [0.29, 0.717) is 24.1 Å². The van der Waals surface area contributed by atoms with Crippen molar-refractivity contribution in [1.29, 1.82) is 0 Å². The molecule has 21 heavy (non-hydrogen) atoms. The van der Waals surface area contributed by atoms with Gasteiger partial charge in [0, 0.05) is 19.3 Å². The standard InChI is InChI=1S/C17H26FNO2/c1-3-9-19-15(13-7-10-21-11-8-13)12-14-5-4-6-16(20-2)17(14)18/h4-6,13,15,19H,3,7-12H2,1-2H3. The molecule has 3 nitrogen and oxygen atoms in total. The molecule has 118 valence electrons. The van der Waals surface area contributed by atoms with Gasteiger partial charge in [0.1, 0.15) is 0 Å². The van der Waals surface area contributed by atoms with Crippen LogP contribution in [0.25, 0.3) is 0 Å². The minimum Gasteiger partial charge on any atom is -0.494 e. The summed E-state index contributed by atoms with van der Waals surface area (Å²) in [7, 11) is 1.51. The average molecular weight is 295 g/mol. The van der Waals surface area contributed by atoms with Crippen LogP contribution in [0.15, 0.2) is 18.2 Å². The number of halogens is 1. The zero-order valence-corrected chi connectivity index (χ0v) is 13.0. The van der Waals surface area contributed by atoms with Crippen LogP contribution in [0, 0.1) is 11.7 Å². The van der Waals surface area contributed by atoms with Crippen LogP contribution in [0.5, 0.6) is 5.75 Å². The van der Waals surface area contributed by atoms with Crippen molar-refractivity contribution in [1.82, 2.24) is 5.32 Å². The average Bonchev–Trinajstić information content (AvgIpc) is 2.53. The largest absolute Gasteiger partial charge is 0.494 e. The van der Waals surface area contributed by atoms with Gasteiger partial charge < -0.3 is 14.8 Å². The molecule has 1 aliphatic heterocycles. The molecule has 1 aromatic carbocycles. The normalized spacial score (nSPS) is 17.7. The molecule has 1 atom stereocenters. The highest BCUT2D eigenvalue weighted by Crippen LogP contribution is 2.25. The van der Waals surface area contributed by atoms with Crippen LogP contribution in [-0.2, 0) is 11.2 Å². The highest BCUT2D eigenvalue weighted by Gasteiger charge is 2.25. The predicted molar refractivity (Wildman–Crippen MR) is 82.3 cm³/mol. The molecule has 0 radical (unpaired) electrons. The highest BCUT2D eigenvalue weighted by molar-refractivity contribution is 5.31. The van der Waals surface area contributed by atoms with Crippen molar-refractivity contribution in [2.75, 3.05) is 26.9 Å². The third-order valence-electron chi connectivity index (χ3n) is 4.19. The number of benzene rings is 1. The number of hydrogen-bond donors (Lipinski definition) is 1. The Morgan fingerprint density at radius 2 is 2.14 bits per heavy atom. The molecule has 4 heteroatoms. The quantitative estimate of drug-likeness (QED) is 0.838. The Hall–Kier alpha value is -1.13. The van der Waals surface area contributed by atoms with Gasteiger partial charge in [-0.2, -0.15) is 0 Å². The maximum atomic E-state index is 14.3. The maximum Gasteiger partial charge on any atom is 0.168 e. The van der Waals surface area contributed by atoms with E-state index in [2.05, 4.69) is 12.2 Å². The lowest BCUT2D eigenvalue weighted by Gasteiger charge is -2.31. The number of rotatable bonds is 7. The molecular weight excluding hydrogens is 269 g/mol. The van der Waals surface area contributed by atoms with Gasteiger partial charge in [0.2, 0.25) is 0 Å². The van der Waals surface area contributed by atoms with Crippen molar-refractivity contribution in [3.05, 3.63) is 29.6 Å². The maximum absolute atomic E-state index is 14.3. The summed E-state index contributed by atoms with van der Waals surface area (Å²) >= 11 is 0. The van der Waals surface area contributed by atoms with Crippen LogP contribution in [0.1, 0.15) is 31.7 Å². The Labute approximate surface area is 126 Å². The van der Waals surface area contributed by atoms with Crippen molar-refractivity contribution < 1.29 is 13.9 Å². The van der Waals surface area contributed by atoms with Crippen LogP contribution in [-0.4, -0.2) is 32.9 Å². The summed E-state index contributed by atoms with van der Waals surface area (Å²) in [6.07, 6.45) is 3.88. The fourth-order valence-electron chi connectivity index (χ4n) is 2.96. The van der Waals surface area contributed by atoms with Gasteiger partial charge in [-0.1, -0.05) is 19.1 Å². The summed E-state index contributed by atoms with van der Waals surface area (Å²) in [5.41, 5.74) is 0.731. The topological polar surface area (TPSA) is 30.5 Å². The molecule has 1 aromatic rings. The Balaban J connectivity index is 2.10. The van der Waals surface area contributed by atoms with E-state index < -0.39 is 0 Å². The van der Waals surface area contributed by atoms with Gasteiger partial charge in [-0.15, -0.1) is 0 Å². The first kappa shape index (κ1) is 16.2. The Kier molecular flexibility index (Phi) is 6.46. The first-order valence-electron chi connectivity index (χ1n) is 7.88. The zero-order valence-electron chi connectivity index (χ0n) is 13.0. The third kappa shape index (κ3) is 4.42. The van der Waals surface area contributed by atoms with E-state index in [-0.39, 0.29) is 5.82 Å². The molecule has 0 bridgehead atoms. The van der Waals surface area contributed by atoms with Crippen LogP contribution in [0.2, 0.25) is 0 Å². The van der Waals surface area contributed by atoms with Crippen LogP contribution in [0.4, 0.5) is 4.39 Å². The fourth-order valence-corrected chi connectivity index (χ4v) is 2.96. The van der Waals surface area contributed by atoms with Crippen LogP contribution < -0.4 is 10.1 Å². The third-order valence-corrected chi connectivity index (χ3v) is 4.19. The fraction of sp³-hybridized carbons (Fsp3) is 0.647. The minimum atomic E-state index is -0.227. The SMILES string of the molecule is CCCNC(Cc1cccc(OC)c1F)C1CCOCC1. The minimum absolute atomic E-state index is 0.227. The molecule has 2 rings (SSSR count). The molecule has 0 amide bonds. The molecule has 1 heterocycles. The molecule has 0 spiro atoms. The Morgan fingerprint density at radius 3 is 2.81 bits per heavy atom. The van der Waals surface area contributed by atoms with Crippen molar-refractivity contribution >= 4 is 0 Å². The van der Waals surface area contributed by atoms with Gasteiger partial charge in [-0.3, -0.25) is 0 Å². The van der Waals surface area contributed by atoms with Crippen LogP contribution >= 0.6 is 0 Å². The summed E-state index contributed by atoms with van der Waals surface area (Å²) < 4.78 is 24.9. The first-order valence-corrected chi connectivity index (χ1v) is 7.88. The summed E-state index contributed by atoms with van der Waals surface area (Å²) in [4.78, 5) is 0. The van der Waals surface area contributed by atoms with Gasteiger partial charge in [-0.05, 0) is 49.8 Å². The van der Waals surface area contributed by atoms with Gasteiger partial charge in [-0.25, -0.2) is 4.39 Å². The molecule has 1 saturated heterocycles. The van der Waals surface area contributed by atoms with Gasteiger partial charge in [0.15, 0.2) is 11.6 Å². The van der Waals surface area contributed by atoms with Crippen molar-refractivity contribution in [2.24, 2.45) is 5.92 Å². The molecular formula is C17H26FNO2. The molecule has 0 aliphatic carbocycles. The number of ether oxygens (including phenoxy) is 2. The lowest BCUT2D eigenvalue weighted by Crippen LogP contribution is -2.41. The van der Waals surface area contributed by atoms with Gasteiger partial charge in [0.05, 0.1) is 7.11 Å². The van der Waals surface area contributed by atoms with E-state index in [1.54, 1.807) is 6.07 Å². The summed E-state index contributed by atoms with van der Waals surface area (Å²) in [6.45, 7) is 4.75. The monoisotopic (exact) mass is 295 g/mol. The lowest BCUT2D eigenvalue weighted by molar-refractivity contribution is 0.0536. The molecule has 0 saturated carbocycles. The van der Waals surface area contributed by atoms with E-state index in [1.165, 1.54) is 7.11 Å². The summed E-state index contributed by atoms with van der Waals surface area (Å²) in [6, 6.07) is 5.69. The van der Waals surface area contributed by atoms with Gasteiger partial charge in [0.25, 0.3) is 0 Å². The lowest BCUT2D eigenvalue weighted by atomic mass is 9.87. The van der Waals surface area contributed by atoms with Crippen molar-refractivity contribution in [2.45, 2.75) is 38.6 Å². The van der Waals surface area contributed by atoms with E-state index >= 15 is 0 Å². The molecule has 1 aliphatic rings. The Bertz CT molecular complexity index is 433. The number of nitrogens with one attached hydrogen (secondary N) is 1. The van der Waals surface area contributed by atoms with Crippen molar-refractivity contribution in [3.63, 3.8) is 0 Å². The number of hydrogen-bond acceptors (Lipinski definition) is 3. The Morgan fingerprint density at radius 1 is 1.38 bits per heavy atom. The number of methoxy groups -OCH3 is 1. The second-order valence-corrected chi connectivity index (χ2v) is 5.65. The highest BCUT2D eigenvalue weighted by atomic mass is 19.1. The van der Waals surface area contributed by atoms with Crippen LogP contribution in [0.3, 0.4) is 0 Å². The van der Waals surface area contributed by atoms with E-state index in [9.17, 15) is 4.39 Å². The zero-order chi connectivity index (χ0) is 15.1. The van der Waals surface area contributed by atoms with E-state index in [0.717, 1.165) is 44.6 Å². The van der Waals surface area contributed by atoms with E-state index in [4.69, 9.17) is 9.47 Å². The molecule has 1 N–H and O–H groups in total. The molecule has 0 aromatic heterocycles. The summed E-state index contributed by atoms with van der Waals surface area (Å²) in [5.74, 6) is 0.653. The van der Waals surface area contributed by atoms with E-state index in [1.807, 2.05) is 12.1 Å². The molecule has 1 unspecified atom stereocenters. The summed E-state index contributed by atoms with van der Waals surface area (Å²) in [5, 5.41) is 3.59. The predicted octanol–water partition coefficient (Wildman–Crippen LogP) is 3.17. The van der Waals surface area contributed by atoms with Crippen molar-refractivity contribution in [3.8, 4) is 5.75 Å². The second kappa shape index (κ2) is 8.35. The second-order valence-electron chi connectivity index (χ2n) is 5.65. The smallest absolute Gasteiger partial charge is 0.168 e. The molecule has 1 fully saturated rings. The first-order chi connectivity index (χ1) is 10.3.